The fraction of sp³-hybridized carbons (Fsp3) is 0.647. The zero-order valence-corrected chi connectivity index (χ0v) is 15.2. The van der Waals surface area contributed by atoms with Gasteiger partial charge < -0.3 is 15.3 Å². The molecule has 0 radical (unpaired) electrons. The Morgan fingerprint density at radius 2 is 1.71 bits per heavy atom. The lowest BCUT2D eigenvalue weighted by Gasteiger charge is -2.39. The Morgan fingerprint density at radius 3 is 2.17 bits per heavy atom. The van der Waals surface area contributed by atoms with Crippen molar-refractivity contribution in [3.05, 3.63) is 29.8 Å². The van der Waals surface area contributed by atoms with Gasteiger partial charge in [0.1, 0.15) is 12.6 Å². The molecule has 24 heavy (non-hydrogen) atoms. The molecule has 0 aliphatic carbocycles. The van der Waals surface area contributed by atoms with E-state index in [0.29, 0.717) is 31.7 Å². The quantitative estimate of drug-likeness (QED) is 0.781. The van der Waals surface area contributed by atoms with Gasteiger partial charge in [0.25, 0.3) is 5.92 Å². The van der Waals surface area contributed by atoms with E-state index >= 15 is 0 Å². The number of alkyl halides is 2. The highest BCUT2D eigenvalue weighted by molar-refractivity contribution is 5.85. The van der Waals surface area contributed by atoms with Crippen molar-refractivity contribution in [1.29, 1.82) is 0 Å². The molecule has 1 atom stereocenters. The lowest BCUT2D eigenvalue weighted by atomic mass is 9.98. The molecule has 2 rings (SSSR count). The first kappa shape index (κ1) is 21.1. The average molecular weight is 364 g/mol. The molecule has 7 heteroatoms. The minimum Gasteiger partial charge on any atom is -0.390 e. The Hall–Kier alpha value is -0.950. The maximum Gasteiger partial charge on any atom is 0.289 e. The van der Waals surface area contributed by atoms with Crippen molar-refractivity contribution in [2.24, 2.45) is 0 Å². The summed E-state index contributed by atoms with van der Waals surface area (Å²) in [7, 11) is 0. The van der Waals surface area contributed by atoms with Crippen LogP contribution in [0.15, 0.2) is 24.3 Å². The fourth-order valence-electron chi connectivity index (χ4n) is 3.20. The first-order valence-electron chi connectivity index (χ1n) is 8.31. The first-order chi connectivity index (χ1) is 11.0. The third kappa shape index (κ3) is 4.79. The van der Waals surface area contributed by atoms with Crippen molar-refractivity contribution in [3.8, 4) is 0 Å². The van der Waals surface area contributed by atoms with Gasteiger partial charge in [0.2, 0.25) is 0 Å². The normalized spacial score (nSPS) is 17.2. The van der Waals surface area contributed by atoms with Crippen molar-refractivity contribution in [1.82, 2.24) is 10.2 Å². The summed E-state index contributed by atoms with van der Waals surface area (Å²) >= 11 is 0. The van der Waals surface area contributed by atoms with Gasteiger partial charge in [-0.1, -0.05) is 12.1 Å². The molecular weight excluding hydrogens is 336 g/mol. The van der Waals surface area contributed by atoms with Crippen molar-refractivity contribution in [3.63, 3.8) is 0 Å². The second-order valence-electron chi connectivity index (χ2n) is 5.87. The van der Waals surface area contributed by atoms with Crippen LogP contribution in [-0.2, 0) is 0 Å². The fourth-order valence-corrected chi connectivity index (χ4v) is 3.20. The van der Waals surface area contributed by atoms with Crippen molar-refractivity contribution >= 4 is 18.1 Å². The highest BCUT2D eigenvalue weighted by Crippen LogP contribution is 2.37. The molecule has 1 aliphatic rings. The van der Waals surface area contributed by atoms with E-state index in [1.54, 1.807) is 17.0 Å². The summed E-state index contributed by atoms with van der Waals surface area (Å²) < 4.78 is 28.7. The SMILES string of the molecule is CCN(CC)c1ccc([C@H](N2CCNCC2)C(F)(F)CO)cc1.Cl. The van der Waals surface area contributed by atoms with E-state index in [4.69, 9.17) is 0 Å². The molecule has 1 fully saturated rings. The molecule has 1 aromatic carbocycles. The van der Waals surface area contributed by atoms with E-state index < -0.39 is 18.6 Å². The van der Waals surface area contributed by atoms with Crippen LogP contribution in [0.1, 0.15) is 25.5 Å². The number of nitrogens with one attached hydrogen (secondary N) is 1. The molecule has 2 N–H and O–H groups in total. The topological polar surface area (TPSA) is 38.7 Å². The highest BCUT2D eigenvalue weighted by Gasteiger charge is 2.43. The molecular formula is C17H28ClF2N3O. The molecule has 4 nitrogen and oxygen atoms in total. The second kappa shape index (κ2) is 9.51. The van der Waals surface area contributed by atoms with Crippen molar-refractivity contribution in [2.45, 2.75) is 25.8 Å². The molecule has 1 aromatic rings. The van der Waals surface area contributed by atoms with Gasteiger partial charge in [-0.25, -0.2) is 8.78 Å². The number of piperazine rings is 1. The summed E-state index contributed by atoms with van der Waals surface area (Å²) in [4.78, 5) is 3.94. The number of anilines is 1. The monoisotopic (exact) mass is 363 g/mol. The van der Waals surface area contributed by atoms with Gasteiger partial charge >= 0.3 is 0 Å². The molecule has 0 spiro atoms. The number of aliphatic hydroxyl groups excluding tert-OH is 1. The van der Waals surface area contributed by atoms with Gasteiger partial charge in [0.05, 0.1) is 0 Å². The van der Waals surface area contributed by atoms with Crippen LogP contribution in [0.4, 0.5) is 14.5 Å². The van der Waals surface area contributed by atoms with Crippen LogP contribution in [-0.4, -0.2) is 61.8 Å². The van der Waals surface area contributed by atoms with Gasteiger partial charge in [-0.05, 0) is 31.5 Å². The first-order valence-corrected chi connectivity index (χ1v) is 8.31. The lowest BCUT2D eigenvalue weighted by Crippen LogP contribution is -2.51. The smallest absolute Gasteiger partial charge is 0.289 e. The molecule has 0 unspecified atom stereocenters. The second-order valence-corrected chi connectivity index (χ2v) is 5.87. The van der Waals surface area contributed by atoms with Crippen LogP contribution >= 0.6 is 12.4 Å². The summed E-state index contributed by atoms with van der Waals surface area (Å²) in [5, 5.41) is 12.3. The van der Waals surface area contributed by atoms with E-state index in [9.17, 15) is 13.9 Å². The van der Waals surface area contributed by atoms with Gasteiger partial charge in [0, 0.05) is 45.0 Å². The third-order valence-electron chi connectivity index (χ3n) is 4.47. The number of rotatable bonds is 7. The van der Waals surface area contributed by atoms with Gasteiger partial charge in [0.15, 0.2) is 0 Å². The Balaban J connectivity index is 0.00000288. The van der Waals surface area contributed by atoms with E-state index in [1.165, 1.54) is 0 Å². The van der Waals surface area contributed by atoms with Crippen LogP contribution < -0.4 is 10.2 Å². The average Bonchev–Trinajstić information content (AvgIpc) is 2.58. The van der Waals surface area contributed by atoms with E-state index in [2.05, 4.69) is 24.1 Å². The molecule has 0 amide bonds. The van der Waals surface area contributed by atoms with E-state index in [0.717, 1.165) is 18.8 Å². The molecule has 138 valence electrons. The summed E-state index contributed by atoms with van der Waals surface area (Å²) in [5.74, 6) is -3.16. The number of halogens is 3. The maximum atomic E-state index is 14.4. The van der Waals surface area contributed by atoms with Gasteiger partial charge in [-0.2, -0.15) is 0 Å². The van der Waals surface area contributed by atoms with Crippen molar-refractivity contribution in [2.75, 3.05) is 50.8 Å². The Bertz CT molecular complexity index is 477. The van der Waals surface area contributed by atoms with Crippen LogP contribution in [0.25, 0.3) is 0 Å². The molecule has 1 aliphatic heterocycles. The highest BCUT2D eigenvalue weighted by atomic mass is 35.5. The third-order valence-corrected chi connectivity index (χ3v) is 4.47. The van der Waals surface area contributed by atoms with Gasteiger partial charge in [-0.15, -0.1) is 12.4 Å². The van der Waals surface area contributed by atoms with Crippen LogP contribution in [0.3, 0.4) is 0 Å². The Labute approximate surface area is 149 Å². The minimum absolute atomic E-state index is 0. The summed E-state index contributed by atoms with van der Waals surface area (Å²) in [5.41, 5.74) is 1.59. The zero-order chi connectivity index (χ0) is 16.9. The molecule has 0 aromatic heterocycles. The Morgan fingerprint density at radius 1 is 1.17 bits per heavy atom. The predicted molar refractivity (Wildman–Crippen MR) is 96.5 cm³/mol. The van der Waals surface area contributed by atoms with E-state index in [1.807, 2.05) is 12.1 Å². The molecule has 1 saturated heterocycles. The largest absolute Gasteiger partial charge is 0.390 e. The number of nitrogens with zero attached hydrogens (tertiary/aromatic N) is 2. The minimum atomic E-state index is -3.16. The molecule has 0 saturated carbocycles. The predicted octanol–water partition coefficient (Wildman–Crippen LogP) is 2.53. The lowest BCUT2D eigenvalue weighted by molar-refractivity contribution is -0.118. The number of benzene rings is 1. The van der Waals surface area contributed by atoms with Crippen molar-refractivity contribution < 1.29 is 13.9 Å². The van der Waals surface area contributed by atoms with Crippen LogP contribution in [0.2, 0.25) is 0 Å². The van der Waals surface area contributed by atoms with E-state index in [-0.39, 0.29) is 12.4 Å². The molecule has 1 heterocycles. The zero-order valence-electron chi connectivity index (χ0n) is 14.3. The van der Waals surface area contributed by atoms with Crippen LogP contribution in [0, 0.1) is 0 Å². The summed E-state index contributed by atoms with van der Waals surface area (Å²) in [6, 6.07) is 6.24. The Kier molecular flexibility index (Phi) is 8.36. The number of aliphatic hydroxyl groups is 1. The summed E-state index contributed by atoms with van der Waals surface area (Å²) in [6.45, 7) is 7.25. The number of hydrogen-bond acceptors (Lipinski definition) is 4. The van der Waals surface area contributed by atoms with Crippen LogP contribution in [0.5, 0.6) is 0 Å². The number of hydrogen-bond donors (Lipinski definition) is 2. The van der Waals surface area contributed by atoms with Gasteiger partial charge in [-0.3, -0.25) is 4.90 Å². The standard InChI is InChI=1S/C17H27F2N3O.ClH/c1-3-21(4-2)15-7-5-14(6-8-15)16(17(18,19)13-23)22-11-9-20-10-12-22;/h5-8,16,20,23H,3-4,9-13H2,1-2H3;1H/t16-;/m0./s1. The summed E-state index contributed by atoms with van der Waals surface area (Å²) in [6.07, 6.45) is 0. The maximum absolute atomic E-state index is 14.4. The molecule has 0 bridgehead atoms.